The van der Waals surface area contributed by atoms with Crippen LogP contribution in [0.2, 0.25) is 0 Å². The van der Waals surface area contributed by atoms with E-state index in [0.29, 0.717) is 19.2 Å². The van der Waals surface area contributed by atoms with Crippen molar-refractivity contribution in [3.8, 4) is 0 Å². The smallest absolute Gasteiger partial charge is 0.307 e. The largest absolute Gasteiger partial charge is 0.381 e. The van der Waals surface area contributed by atoms with Gasteiger partial charge in [-0.3, -0.25) is 10.1 Å². The molecule has 1 rings (SSSR count). The zero-order chi connectivity index (χ0) is 14.6. The molecule has 0 aromatic heterocycles. The third-order valence-corrected chi connectivity index (χ3v) is 2.33. The van der Waals surface area contributed by atoms with E-state index in [4.69, 9.17) is 0 Å². The summed E-state index contributed by atoms with van der Waals surface area (Å²) < 4.78 is 26.5. The summed E-state index contributed by atoms with van der Waals surface area (Å²) in [4.78, 5) is 9.67. The lowest BCUT2D eigenvalue weighted by Crippen LogP contribution is -2.38. The molecule has 0 aliphatic carbocycles. The first-order valence-corrected chi connectivity index (χ1v) is 5.83. The molecular formula is C12H17F2N3O2. The predicted molar refractivity (Wildman–Crippen MR) is 69.3 cm³/mol. The van der Waals surface area contributed by atoms with Crippen LogP contribution < -0.4 is 10.6 Å². The van der Waals surface area contributed by atoms with Gasteiger partial charge in [0.2, 0.25) is 5.82 Å². The van der Waals surface area contributed by atoms with Crippen LogP contribution in [-0.4, -0.2) is 23.6 Å². The van der Waals surface area contributed by atoms with E-state index in [2.05, 4.69) is 10.6 Å². The lowest BCUT2D eigenvalue weighted by Gasteiger charge is -2.20. The van der Waals surface area contributed by atoms with Crippen LogP contribution in [-0.2, 0) is 0 Å². The fourth-order valence-corrected chi connectivity index (χ4v) is 1.45. The van der Waals surface area contributed by atoms with E-state index < -0.39 is 22.2 Å². The first-order chi connectivity index (χ1) is 8.70. The quantitative estimate of drug-likeness (QED) is 0.491. The number of nitro benzene ring substituents is 1. The van der Waals surface area contributed by atoms with Gasteiger partial charge in [-0.2, -0.15) is 4.39 Å². The Morgan fingerprint density at radius 1 is 1.21 bits per heavy atom. The molecule has 0 heterocycles. The highest BCUT2D eigenvalue weighted by Crippen LogP contribution is 2.24. The molecule has 0 radical (unpaired) electrons. The topological polar surface area (TPSA) is 67.2 Å². The number of benzene rings is 1. The minimum Gasteiger partial charge on any atom is -0.381 e. The number of hydrogen-bond donors (Lipinski definition) is 2. The molecule has 0 spiro atoms. The van der Waals surface area contributed by atoms with Gasteiger partial charge in [-0.05, 0) is 20.8 Å². The average molecular weight is 273 g/mol. The molecule has 0 fully saturated rings. The van der Waals surface area contributed by atoms with Crippen LogP contribution in [0, 0.1) is 21.7 Å². The van der Waals surface area contributed by atoms with Gasteiger partial charge in [0.1, 0.15) is 5.82 Å². The lowest BCUT2D eigenvalue weighted by atomic mass is 10.1. The fraction of sp³-hybridized carbons (Fsp3) is 0.500. The van der Waals surface area contributed by atoms with E-state index in [1.807, 2.05) is 20.8 Å². The molecule has 1 aromatic rings. The Morgan fingerprint density at radius 3 is 2.37 bits per heavy atom. The van der Waals surface area contributed by atoms with Crippen molar-refractivity contribution in [2.45, 2.75) is 26.3 Å². The van der Waals surface area contributed by atoms with Gasteiger partial charge >= 0.3 is 5.69 Å². The van der Waals surface area contributed by atoms with Crippen LogP contribution >= 0.6 is 0 Å². The molecular weight excluding hydrogens is 256 g/mol. The number of hydrogen-bond acceptors (Lipinski definition) is 4. The number of nitrogens with zero attached hydrogens (tertiary/aromatic N) is 1. The van der Waals surface area contributed by atoms with Crippen LogP contribution in [0.3, 0.4) is 0 Å². The van der Waals surface area contributed by atoms with E-state index in [0.717, 1.165) is 6.07 Å². The molecule has 0 atom stereocenters. The van der Waals surface area contributed by atoms with Gasteiger partial charge in [-0.15, -0.1) is 0 Å². The molecule has 19 heavy (non-hydrogen) atoms. The van der Waals surface area contributed by atoms with Crippen LogP contribution in [0.4, 0.5) is 20.2 Å². The van der Waals surface area contributed by atoms with E-state index in [1.165, 1.54) is 0 Å². The molecule has 0 bridgehead atoms. The van der Waals surface area contributed by atoms with Gasteiger partial charge in [0.05, 0.1) is 10.6 Å². The summed E-state index contributed by atoms with van der Waals surface area (Å²) in [5.74, 6) is -2.03. The van der Waals surface area contributed by atoms with Crippen molar-refractivity contribution in [3.63, 3.8) is 0 Å². The minimum absolute atomic E-state index is 0.0744. The normalized spacial score (nSPS) is 11.4. The SMILES string of the molecule is CC(C)(C)NCCNc1cc([N+](=O)[O-])c(F)cc1F. The number of halogens is 2. The summed E-state index contributed by atoms with van der Waals surface area (Å²) in [5, 5.41) is 16.4. The molecule has 0 aliphatic heterocycles. The maximum absolute atomic E-state index is 13.4. The van der Waals surface area contributed by atoms with Crippen LogP contribution in [0.1, 0.15) is 20.8 Å². The second-order valence-electron chi connectivity index (χ2n) is 5.14. The minimum atomic E-state index is -1.18. The summed E-state index contributed by atoms with van der Waals surface area (Å²) in [6.45, 7) is 6.87. The Kier molecular flexibility index (Phi) is 4.77. The summed E-state index contributed by atoms with van der Waals surface area (Å²) in [6.07, 6.45) is 0. The zero-order valence-electron chi connectivity index (χ0n) is 11.1. The predicted octanol–water partition coefficient (Wildman–Crippen LogP) is 2.67. The maximum Gasteiger partial charge on any atom is 0.307 e. The standard InChI is InChI=1S/C12H17F2N3O2/c1-12(2,3)16-5-4-15-10-7-11(17(18)19)9(14)6-8(10)13/h6-7,15-16H,4-5H2,1-3H3. The summed E-state index contributed by atoms with van der Waals surface area (Å²) >= 11 is 0. The highest BCUT2D eigenvalue weighted by Gasteiger charge is 2.18. The molecule has 2 N–H and O–H groups in total. The van der Waals surface area contributed by atoms with Crippen molar-refractivity contribution in [2.75, 3.05) is 18.4 Å². The summed E-state index contributed by atoms with van der Waals surface area (Å²) in [7, 11) is 0. The molecule has 0 unspecified atom stereocenters. The zero-order valence-corrected chi connectivity index (χ0v) is 11.1. The van der Waals surface area contributed by atoms with Crippen molar-refractivity contribution >= 4 is 11.4 Å². The van der Waals surface area contributed by atoms with Gasteiger partial charge in [0.15, 0.2) is 0 Å². The Morgan fingerprint density at radius 2 is 1.84 bits per heavy atom. The number of rotatable bonds is 5. The van der Waals surface area contributed by atoms with Crippen LogP contribution in [0.25, 0.3) is 0 Å². The molecule has 1 aromatic carbocycles. The maximum atomic E-state index is 13.4. The Labute approximate surface area is 110 Å². The van der Waals surface area contributed by atoms with Crippen molar-refractivity contribution in [1.82, 2.24) is 5.32 Å². The van der Waals surface area contributed by atoms with Crippen molar-refractivity contribution in [1.29, 1.82) is 0 Å². The van der Waals surface area contributed by atoms with Crippen molar-refractivity contribution in [3.05, 3.63) is 33.9 Å². The third-order valence-electron chi connectivity index (χ3n) is 2.33. The molecule has 5 nitrogen and oxygen atoms in total. The molecule has 0 saturated carbocycles. The molecule has 0 amide bonds. The highest BCUT2D eigenvalue weighted by atomic mass is 19.1. The van der Waals surface area contributed by atoms with E-state index in [-0.39, 0.29) is 11.2 Å². The van der Waals surface area contributed by atoms with E-state index in [1.54, 1.807) is 0 Å². The highest BCUT2D eigenvalue weighted by molar-refractivity contribution is 5.53. The number of anilines is 1. The van der Waals surface area contributed by atoms with Gasteiger partial charge in [0.25, 0.3) is 0 Å². The van der Waals surface area contributed by atoms with Gasteiger partial charge in [-0.1, -0.05) is 0 Å². The number of nitro groups is 1. The number of nitrogens with one attached hydrogen (secondary N) is 2. The fourth-order valence-electron chi connectivity index (χ4n) is 1.45. The first kappa shape index (κ1) is 15.3. The summed E-state index contributed by atoms with van der Waals surface area (Å²) in [6, 6.07) is 1.37. The van der Waals surface area contributed by atoms with E-state index >= 15 is 0 Å². The van der Waals surface area contributed by atoms with Crippen LogP contribution in [0.5, 0.6) is 0 Å². The van der Waals surface area contributed by atoms with Gasteiger partial charge < -0.3 is 10.6 Å². The first-order valence-electron chi connectivity index (χ1n) is 5.83. The Balaban J connectivity index is 2.68. The molecule has 7 heteroatoms. The molecule has 106 valence electrons. The monoisotopic (exact) mass is 273 g/mol. The Hall–Kier alpha value is -1.76. The van der Waals surface area contributed by atoms with Gasteiger partial charge in [-0.25, -0.2) is 4.39 Å². The van der Waals surface area contributed by atoms with Crippen molar-refractivity contribution < 1.29 is 13.7 Å². The summed E-state index contributed by atoms with van der Waals surface area (Å²) in [5.41, 5.74) is -0.897. The second-order valence-corrected chi connectivity index (χ2v) is 5.14. The van der Waals surface area contributed by atoms with Crippen LogP contribution in [0.15, 0.2) is 12.1 Å². The lowest BCUT2D eigenvalue weighted by molar-refractivity contribution is -0.387. The van der Waals surface area contributed by atoms with E-state index in [9.17, 15) is 18.9 Å². The third kappa shape index (κ3) is 4.78. The van der Waals surface area contributed by atoms with Gasteiger partial charge in [0, 0.05) is 30.8 Å². The molecule has 0 aliphatic rings. The molecule has 0 saturated heterocycles. The van der Waals surface area contributed by atoms with Crippen molar-refractivity contribution in [2.24, 2.45) is 0 Å². The average Bonchev–Trinajstić information content (AvgIpc) is 2.24. The Bertz CT molecular complexity index is 473. The second kappa shape index (κ2) is 5.92.